The lowest BCUT2D eigenvalue weighted by atomic mass is 9.95. The molecule has 2 aromatic carbocycles. The summed E-state index contributed by atoms with van der Waals surface area (Å²) in [6.07, 6.45) is 0.602. The van der Waals surface area contributed by atoms with Crippen molar-refractivity contribution < 1.29 is 23.8 Å². The molecule has 152 valence electrons. The molecule has 0 aliphatic carbocycles. The van der Waals surface area contributed by atoms with Crippen LogP contribution in [0.5, 0.6) is 0 Å². The van der Waals surface area contributed by atoms with E-state index >= 15 is 0 Å². The third-order valence-electron chi connectivity index (χ3n) is 4.77. The predicted molar refractivity (Wildman–Crippen MR) is 108 cm³/mol. The number of likely N-dealkylation sites (tertiary alicyclic amines) is 1. The quantitative estimate of drug-likeness (QED) is 0.331. The van der Waals surface area contributed by atoms with E-state index in [0.717, 1.165) is 0 Å². The minimum Gasteiger partial charge on any atom is -0.507 e. The monoisotopic (exact) mass is 397 g/mol. The highest BCUT2D eigenvalue weighted by Crippen LogP contribution is 2.39. The maximum Gasteiger partial charge on any atom is 0.295 e. The van der Waals surface area contributed by atoms with Gasteiger partial charge in [-0.15, -0.1) is 0 Å². The fraction of sp³-hybridized carbons (Fsp3) is 0.304. The fourth-order valence-electron chi connectivity index (χ4n) is 3.41. The second-order valence-electron chi connectivity index (χ2n) is 7.18. The SMILES string of the molecule is CC(C)OCCCN1C(=O)C(=O)C(=C(O)c2ccccc2)[C@@H]1c1ccc(F)cc1. The summed E-state index contributed by atoms with van der Waals surface area (Å²) in [5.74, 6) is -2.08. The molecule has 1 aliphatic rings. The average Bonchev–Trinajstić information content (AvgIpc) is 2.96. The van der Waals surface area contributed by atoms with Crippen molar-refractivity contribution in [2.75, 3.05) is 13.2 Å². The van der Waals surface area contributed by atoms with Gasteiger partial charge in [0.05, 0.1) is 17.7 Å². The largest absolute Gasteiger partial charge is 0.507 e. The van der Waals surface area contributed by atoms with Gasteiger partial charge in [0.25, 0.3) is 11.7 Å². The number of aliphatic hydroxyl groups is 1. The Morgan fingerprint density at radius 2 is 1.76 bits per heavy atom. The zero-order valence-corrected chi connectivity index (χ0v) is 16.5. The summed E-state index contributed by atoms with van der Waals surface area (Å²) in [5.41, 5.74) is 1.02. The van der Waals surface area contributed by atoms with Crippen molar-refractivity contribution in [2.45, 2.75) is 32.4 Å². The Balaban J connectivity index is 2.00. The summed E-state index contributed by atoms with van der Waals surface area (Å²) in [7, 11) is 0. The molecule has 1 amide bonds. The summed E-state index contributed by atoms with van der Waals surface area (Å²) < 4.78 is 19.0. The van der Waals surface area contributed by atoms with E-state index in [0.29, 0.717) is 24.2 Å². The molecule has 0 aromatic heterocycles. The molecule has 6 heteroatoms. The lowest BCUT2D eigenvalue weighted by molar-refractivity contribution is -0.140. The molecule has 29 heavy (non-hydrogen) atoms. The molecule has 1 N–H and O–H groups in total. The Morgan fingerprint density at radius 1 is 1.10 bits per heavy atom. The van der Waals surface area contributed by atoms with E-state index in [4.69, 9.17) is 4.74 Å². The van der Waals surface area contributed by atoms with E-state index in [1.54, 1.807) is 30.3 Å². The maximum atomic E-state index is 13.4. The molecule has 1 atom stereocenters. The van der Waals surface area contributed by atoms with Gasteiger partial charge in [0.15, 0.2) is 0 Å². The third kappa shape index (κ3) is 4.54. The molecule has 0 radical (unpaired) electrons. The molecule has 1 aliphatic heterocycles. The van der Waals surface area contributed by atoms with Crippen molar-refractivity contribution in [3.8, 4) is 0 Å². The molecule has 0 bridgehead atoms. The Hall–Kier alpha value is -2.99. The Bertz CT molecular complexity index is 906. The van der Waals surface area contributed by atoms with Crippen LogP contribution in [-0.2, 0) is 14.3 Å². The van der Waals surface area contributed by atoms with Gasteiger partial charge < -0.3 is 14.7 Å². The summed E-state index contributed by atoms with van der Waals surface area (Å²) in [5, 5.41) is 10.8. The number of hydrogen-bond acceptors (Lipinski definition) is 4. The first-order valence-corrected chi connectivity index (χ1v) is 9.61. The third-order valence-corrected chi connectivity index (χ3v) is 4.77. The van der Waals surface area contributed by atoms with Crippen LogP contribution in [0.25, 0.3) is 5.76 Å². The van der Waals surface area contributed by atoms with Crippen LogP contribution >= 0.6 is 0 Å². The van der Waals surface area contributed by atoms with Crippen molar-refractivity contribution in [2.24, 2.45) is 0 Å². The number of amides is 1. The van der Waals surface area contributed by atoms with Crippen LogP contribution in [0.3, 0.4) is 0 Å². The zero-order chi connectivity index (χ0) is 21.0. The second-order valence-corrected chi connectivity index (χ2v) is 7.18. The molecule has 5 nitrogen and oxygen atoms in total. The number of nitrogens with zero attached hydrogens (tertiary/aromatic N) is 1. The topological polar surface area (TPSA) is 66.8 Å². The molecule has 0 unspecified atom stereocenters. The number of aliphatic hydroxyl groups excluding tert-OH is 1. The van der Waals surface area contributed by atoms with Gasteiger partial charge in [0.2, 0.25) is 0 Å². The first-order chi connectivity index (χ1) is 13.9. The average molecular weight is 397 g/mol. The van der Waals surface area contributed by atoms with Crippen molar-refractivity contribution >= 4 is 17.4 Å². The van der Waals surface area contributed by atoms with Gasteiger partial charge in [-0.05, 0) is 38.0 Å². The number of ether oxygens (including phenoxy) is 1. The van der Waals surface area contributed by atoms with Crippen LogP contribution in [-0.4, -0.2) is 41.0 Å². The highest BCUT2D eigenvalue weighted by Gasteiger charge is 2.45. The van der Waals surface area contributed by atoms with Crippen molar-refractivity contribution in [3.05, 3.63) is 77.1 Å². The number of halogens is 1. The van der Waals surface area contributed by atoms with Gasteiger partial charge in [0.1, 0.15) is 11.6 Å². The number of Topliss-reactive ketones (excluding diaryl/α,β-unsaturated/α-hetero) is 1. The maximum absolute atomic E-state index is 13.4. The molecule has 1 saturated heterocycles. The Labute approximate surface area is 169 Å². The van der Waals surface area contributed by atoms with E-state index in [1.165, 1.54) is 29.2 Å². The smallest absolute Gasteiger partial charge is 0.295 e. The van der Waals surface area contributed by atoms with Gasteiger partial charge in [0, 0.05) is 18.7 Å². The van der Waals surface area contributed by atoms with E-state index in [2.05, 4.69) is 0 Å². The normalized spacial score (nSPS) is 18.6. The van der Waals surface area contributed by atoms with Crippen molar-refractivity contribution in [1.29, 1.82) is 0 Å². The van der Waals surface area contributed by atoms with Crippen molar-refractivity contribution in [1.82, 2.24) is 4.90 Å². The van der Waals surface area contributed by atoms with E-state index < -0.39 is 23.5 Å². The molecular weight excluding hydrogens is 373 g/mol. The van der Waals surface area contributed by atoms with E-state index in [-0.39, 0.29) is 24.0 Å². The molecule has 1 fully saturated rings. The van der Waals surface area contributed by atoms with E-state index in [9.17, 15) is 19.1 Å². The lowest BCUT2D eigenvalue weighted by Crippen LogP contribution is -2.31. The molecule has 0 spiro atoms. The molecule has 2 aromatic rings. The number of hydrogen-bond donors (Lipinski definition) is 1. The van der Waals surface area contributed by atoms with Crippen LogP contribution in [0.4, 0.5) is 4.39 Å². The van der Waals surface area contributed by atoms with Gasteiger partial charge in [-0.25, -0.2) is 4.39 Å². The summed E-state index contributed by atoms with van der Waals surface area (Å²) >= 11 is 0. The van der Waals surface area contributed by atoms with Crippen LogP contribution in [0, 0.1) is 5.82 Å². The van der Waals surface area contributed by atoms with Crippen LogP contribution in [0.15, 0.2) is 60.2 Å². The number of carbonyl (C=O) groups excluding carboxylic acids is 2. The summed E-state index contributed by atoms with van der Waals surface area (Å²) in [6, 6.07) is 13.4. The predicted octanol–water partition coefficient (Wildman–Crippen LogP) is 4.06. The van der Waals surface area contributed by atoms with Gasteiger partial charge in [-0.2, -0.15) is 0 Å². The van der Waals surface area contributed by atoms with Gasteiger partial charge in [-0.1, -0.05) is 42.5 Å². The Kier molecular flexibility index (Phi) is 6.44. The highest BCUT2D eigenvalue weighted by atomic mass is 19.1. The first-order valence-electron chi connectivity index (χ1n) is 9.61. The van der Waals surface area contributed by atoms with Crippen LogP contribution < -0.4 is 0 Å². The molecular formula is C23H24FNO4. The second kappa shape index (κ2) is 9.01. The fourth-order valence-corrected chi connectivity index (χ4v) is 3.41. The van der Waals surface area contributed by atoms with Crippen molar-refractivity contribution in [3.63, 3.8) is 0 Å². The van der Waals surface area contributed by atoms with Gasteiger partial charge >= 0.3 is 0 Å². The van der Waals surface area contributed by atoms with Gasteiger partial charge in [-0.3, -0.25) is 9.59 Å². The van der Waals surface area contributed by atoms with E-state index in [1.807, 2.05) is 13.8 Å². The lowest BCUT2D eigenvalue weighted by Gasteiger charge is -2.25. The minimum absolute atomic E-state index is 0.0117. The highest BCUT2D eigenvalue weighted by molar-refractivity contribution is 6.46. The molecule has 3 rings (SSSR count). The molecule has 0 saturated carbocycles. The Morgan fingerprint density at radius 3 is 2.38 bits per heavy atom. The van der Waals surface area contributed by atoms with Crippen LogP contribution in [0.2, 0.25) is 0 Å². The number of benzene rings is 2. The number of ketones is 1. The summed E-state index contributed by atoms with van der Waals surface area (Å²) in [4.78, 5) is 27.0. The van der Waals surface area contributed by atoms with Crippen LogP contribution in [0.1, 0.15) is 37.4 Å². The minimum atomic E-state index is -0.783. The number of rotatable bonds is 7. The number of carbonyl (C=O) groups is 2. The standard InChI is InChI=1S/C23H24FNO4/c1-15(2)29-14-6-13-25-20(16-9-11-18(24)12-10-16)19(22(27)23(25)28)21(26)17-7-4-3-5-8-17/h3-5,7-12,15,20,26H,6,13-14H2,1-2H3/t20-/m0/s1. The molecule has 1 heterocycles. The summed E-state index contributed by atoms with van der Waals surface area (Å²) in [6.45, 7) is 4.57. The zero-order valence-electron chi connectivity index (χ0n) is 16.5. The first kappa shape index (κ1) is 20.7.